The lowest BCUT2D eigenvalue weighted by molar-refractivity contribution is 0.111. The number of methoxy groups -OCH3 is 1. The molecule has 3 atom stereocenters. The quantitative estimate of drug-likeness (QED) is 0.620. The number of fused-ring (bicyclic) bond motifs is 3. The molecule has 1 N–H and O–H groups in total. The van der Waals surface area contributed by atoms with E-state index in [1.807, 2.05) is 32.0 Å². The van der Waals surface area contributed by atoms with E-state index >= 15 is 0 Å². The maximum atomic E-state index is 10.4. The van der Waals surface area contributed by atoms with Crippen molar-refractivity contribution < 1.29 is 14.6 Å². The minimum atomic E-state index is -0.295. The van der Waals surface area contributed by atoms with Crippen molar-refractivity contribution in [2.45, 2.75) is 57.7 Å². The Hall–Kier alpha value is -3.26. The normalized spacial score (nSPS) is 21.7. The number of nitrogens with zero attached hydrogens (tertiary/aromatic N) is 5. The standard InChI is InChI=1S/C25H29N5O3/c1-4-30-28-25(27-29-30)16-8-6-15(7-9-16)24-20-14-22(32-3)23(33-5-2)13-18(20)19-12-17(31)10-11-21(19)26-24/h6-9,13-14,17,19,21,31H,4-5,10-12H2,1-3H3/t17-,19-,21-/m1/s1. The minimum absolute atomic E-state index is 0.143. The molecule has 2 aromatic carbocycles. The van der Waals surface area contributed by atoms with Gasteiger partial charge in [0.05, 0.1) is 38.1 Å². The van der Waals surface area contributed by atoms with E-state index in [0.717, 1.165) is 41.0 Å². The SMILES string of the molecule is CCOc1cc2c(cc1OC)C(c1ccc(-c3nnn(CC)n3)cc1)=N[C@@H]1CC[C@@H](O)C[C@H]21. The molecular formula is C25H29N5O3. The number of aliphatic imine (C=N–C) groups is 1. The van der Waals surface area contributed by atoms with Crippen molar-refractivity contribution in [2.24, 2.45) is 4.99 Å². The zero-order valence-corrected chi connectivity index (χ0v) is 19.2. The van der Waals surface area contributed by atoms with Crippen LogP contribution < -0.4 is 9.47 Å². The van der Waals surface area contributed by atoms with Gasteiger partial charge < -0.3 is 14.6 Å². The summed E-state index contributed by atoms with van der Waals surface area (Å²) in [5.74, 6) is 2.21. The average molecular weight is 448 g/mol. The second kappa shape index (κ2) is 8.94. The number of hydrogen-bond acceptors (Lipinski definition) is 7. The Bertz CT molecular complexity index is 1170. The molecule has 8 heteroatoms. The summed E-state index contributed by atoms with van der Waals surface area (Å²) in [5.41, 5.74) is 5.09. The minimum Gasteiger partial charge on any atom is -0.493 e. The highest BCUT2D eigenvalue weighted by atomic mass is 16.5. The maximum Gasteiger partial charge on any atom is 0.204 e. The van der Waals surface area contributed by atoms with Gasteiger partial charge in [0, 0.05) is 22.6 Å². The molecule has 0 radical (unpaired) electrons. The first-order valence-corrected chi connectivity index (χ1v) is 11.6. The number of benzene rings is 2. The van der Waals surface area contributed by atoms with Gasteiger partial charge in [-0.2, -0.15) is 4.80 Å². The van der Waals surface area contributed by atoms with Crippen LogP contribution in [-0.2, 0) is 6.54 Å². The summed E-state index contributed by atoms with van der Waals surface area (Å²) in [4.78, 5) is 6.76. The summed E-state index contributed by atoms with van der Waals surface area (Å²) >= 11 is 0. The van der Waals surface area contributed by atoms with Crippen molar-refractivity contribution >= 4 is 5.71 Å². The molecule has 0 bridgehead atoms. The first-order chi connectivity index (χ1) is 16.1. The Balaban J connectivity index is 1.57. The lowest BCUT2D eigenvalue weighted by Crippen LogP contribution is -2.34. The van der Waals surface area contributed by atoms with E-state index in [9.17, 15) is 5.11 Å². The van der Waals surface area contributed by atoms with Gasteiger partial charge in [0.1, 0.15) is 0 Å². The Morgan fingerprint density at radius 1 is 1.06 bits per heavy atom. The summed E-state index contributed by atoms with van der Waals surface area (Å²) in [6.07, 6.45) is 2.06. The molecule has 1 saturated carbocycles. The molecule has 0 amide bonds. The molecule has 3 aromatic rings. The number of aromatic nitrogens is 4. The van der Waals surface area contributed by atoms with E-state index in [0.29, 0.717) is 31.1 Å². The average Bonchev–Trinajstić information content (AvgIpc) is 3.33. The van der Waals surface area contributed by atoms with Gasteiger partial charge in [-0.25, -0.2) is 0 Å². The molecule has 1 aliphatic carbocycles. The van der Waals surface area contributed by atoms with E-state index in [-0.39, 0.29) is 18.1 Å². The summed E-state index contributed by atoms with van der Waals surface area (Å²) in [7, 11) is 1.66. The van der Waals surface area contributed by atoms with E-state index in [1.54, 1.807) is 11.9 Å². The van der Waals surface area contributed by atoms with Gasteiger partial charge in [0.2, 0.25) is 5.82 Å². The third-order valence-electron chi connectivity index (χ3n) is 6.52. The van der Waals surface area contributed by atoms with Crippen LogP contribution in [0.1, 0.15) is 55.7 Å². The molecule has 33 heavy (non-hydrogen) atoms. The fourth-order valence-electron chi connectivity index (χ4n) is 4.87. The number of ether oxygens (including phenoxy) is 2. The number of aliphatic hydroxyl groups excluding tert-OH is 1. The van der Waals surface area contributed by atoms with Crippen LogP contribution >= 0.6 is 0 Å². The zero-order valence-electron chi connectivity index (χ0n) is 19.2. The number of aliphatic hydroxyl groups is 1. The van der Waals surface area contributed by atoms with Gasteiger partial charge >= 0.3 is 0 Å². The smallest absolute Gasteiger partial charge is 0.204 e. The van der Waals surface area contributed by atoms with E-state index in [1.165, 1.54) is 5.56 Å². The predicted molar refractivity (Wildman–Crippen MR) is 125 cm³/mol. The molecule has 0 saturated heterocycles. The van der Waals surface area contributed by atoms with Crippen molar-refractivity contribution in [3.8, 4) is 22.9 Å². The van der Waals surface area contributed by atoms with E-state index in [2.05, 4.69) is 33.6 Å². The molecule has 8 nitrogen and oxygen atoms in total. The van der Waals surface area contributed by atoms with Crippen molar-refractivity contribution in [2.75, 3.05) is 13.7 Å². The number of rotatable bonds is 6. The van der Waals surface area contributed by atoms with Gasteiger partial charge in [0.25, 0.3) is 0 Å². The molecular weight excluding hydrogens is 418 g/mol. The van der Waals surface area contributed by atoms with Crippen LogP contribution in [0.5, 0.6) is 11.5 Å². The molecule has 2 heterocycles. The Morgan fingerprint density at radius 2 is 1.85 bits per heavy atom. The lowest BCUT2D eigenvalue weighted by Gasteiger charge is -2.37. The number of tetrazole rings is 1. The van der Waals surface area contributed by atoms with Gasteiger partial charge in [-0.15, -0.1) is 10.2 Å². The van der Waals surface area contributed by atoms with Crippen molar-refractivity contribution in [3.05, 3.63) is 53.1 Å². The summed E-state index contributed by atoms with van der Waals surface area (Å²) in [6.45, 7) is 5.19. The van der Waals surface area contributed by atoms with Crippen LogP contribution in [-0.4, -0.2) is 56.9 Å². The largest absolute Gasteiger partial charge is 0.493 e. The third kappa shape index (κ3) is 3.99. The summed E-state index contributed by atoms with van der Waals surface area (Å²) in [5, 5.41) is 23.0. The van der Waals surface area contributed by atoms with Crippen LogP contribution in [0.3, 0.4) is 0 Å². The molecule has 0 unspecified atom stereocenters. The van der Waals surface area contributed by atoms with Gasteiger partial charge in [-0.05, 0) is 56.0 Å². The molecule has 1 fully saturated rings. The van der Waals surface area contributed by atoms with Crippen LogP contribution in [0, 0.1) is 0 Å². The fourth-order valence-corrected chi connectivity index (χ4v) is 4.87. The lowest BCUT2D eigenvalue weighted by atomic mass is 9.74. The Morgan fingerprint density at radius 3 is 2.55 bits per heavy atom. The summed E-state index contributed by atoms with van der Waals surface area (Å²) in [6, 6.07) is 12.4. The van der Waals surface area contributed by atoms with E-state index < -0.39 is 0 Å². The van der Waals surface area contributed by atoms with Crippen molar-refractivity contribution in [3.63, 3.8) is 0 Å². The second-order valence-corrected chi connectivity index (χ2v) is 8.52. The maximum absolute atomic E-state index is 10.4. The molecule has 172 valence electrons. The second-order valence-electron chi connectivity index (χ2n) is 8.52. The highest BCUT2D eigenvalue weighted by molar-refractivity contribution is 6.15. The Labute approximate surface area is 193 Å². The predicted octanol–water partition coefficient (Wildman–Crippen LogP) is 3.62. The molecule has 0 spiro atoms. The van der Waals surface area contributed by atoms with Gasteiger partial charge in [-0.3, -0.25) is 4.99 Å². The molecule has 5 rings (SSSR count). The highest BCUT2D eigenvalue weighted by Gasteiger charge is 2.37. The van der Waals surface area contributed by atoms with Crippen LogP contribution in [0.4, 0.5) is 0 Å². The van der Waals surface area contributed by atoms with Gasteiger partial charge in [-0.1, -0.05) is 24.3 Å². The van der Waals surface area contributed by atoms with Crippen LogP contribution in [0.2, 0.25) is 0 Å². The first-order valence-electron chi connectivity index (χ1n) is 11.6. The van der Waals surface area contributed by atoms with Gasteiger partial charge in [0.15, 0.2) is 11.5 Å². The van der Waals surface area contributed by atoms with E-state index in [4.69, 9.17) is 14.5 Å². The number of hydrogen-bond donors (Lipinski definition) is 1. The highest BCUT2D eigenvalue weighted by Crippen LogP contribution is 2.45. The Kier molecular flexibility index (Phi) is 5.85. The number of aryl methyl sites for hydroxylation is 1. The van der Waals surface area contributed by atoms with Crippen LogP contribution in [0.25, 0.3) is 11.4 Å². The monoisotopic (exact) mass is 447 g/mol. The first kappa shape index (κ1) is 21.6. The topological polar surface area (TPSA) is 94.7 Å². The third-order valence-corrected chi connectivity index (χ3v) is 6.52. The molecule has 1 aliphatic heterocycles. The summed E-state index contributed by atoms with van der Waals surface area (Å²) < 4.78 is 11.5. The zero-order chi connectivity index (χ0) is 22.9. The van der Waals surface area contributed by atoms with Crippen molar-refractivity contribution in [1.82, 2.24) is 20.2 Å². The fraction of sp³-hybridized carbons (Fsp3) is 0.440. The van der Waals surface area contributed by atoms with Crippen molar-refractivity contribution in [1.29, 1.82) is 0 Å². The molecule has 2 aliphatic rings. The molecule has 1 aromatic heterocycles. The van der Waals surface area contributed by atoms with Crippen LogP contribution in [0.15, 0.2) is 41.4 Å².